The van der Waals surface area contributed by atoms with Crippen LogP contribution in [-0.4, -0.2) is 25.1 Å². The summed E-state index contributed by atoms with van der Waals surface area (Å²) in [4.78, 5) is 4.36. The van der Waals surface area contributed by atoms with Gasteiger partial charge in [0, 0.05) is 10.9 Å². The highest BCUT2D eigenvalue weighted by Gasteiger charge is 2.17. The molecule has 0 saturated carbocycles. The molecule has 0 bridgehead atoms. The Labute approximate surface area is 118 Å². The van der Waals surface area contributed by atoms with Crippen LogP contribution in [0.25, 0.3) is 16.4 Å². The SMILES string of the molecule is Cc1csc(-n2nnc(CO)c2-c2ccc(F)cc2)n1. The van der Waals surface area contributed by atoms with Crippen LogP contribution in [0.5, 0.6) is 0 Å². The molecule has 3 aromatic rings. The number of halogens is 1. The molecular formula is C13H11FN4OS. The zero-order valence-electron chi connectivity index (χ0n) is 10.6. The lowest BCUT2D eigenvalue weighted by atomic mass is 10.1. The van der Waals surface area contributed by atoms with Crippen LogP contribution < -0.4 is 0 Å². The topological polar surface area (TPSA) is 63.8 Å². The quantitative estimate of drug-likeness (QED) is 0.804. The maximum atomic E-state index is 13.0. The Morgan fingerprint density at radius 1 is 1.30 bits per heavy atom. The van der Waals surface area contributed by atoms with Crippen molar-refractivity contribution < 1.29 is 9.50 Å². The number of hydrogen-bond donors (Lipinski definition) is 1. The van der Waals surface area contributed by atoms with Gasteiger partial charge in [0.2, 0.25) is 5.13 Å². The molecule has 0 unspecified atom stereocenters. The lowest BCUT2D eigenvalue weighted by Crippen LogP contribution is -2.00. The number of aromatic nitrogens is 4. The van der Waals surface area contributed by atoms with Crippen LogP contribution >= 0.6 is 11.3 Å². The van der Waals surface area contributed by atoms with Gasteiger partial charge in [-0.3, -0.25) is 0 Å². The molecule has 0 atom stereocenters. The standard InChI is InChI=1S/C13H11FN4OS/c1-8-7-20-13(15-8)18-12(11(6-19)16-17-18)9-2-4-10(14)5-3-9/h2-5,7,19H,6H2,1H3. The number of nitrogens with zero attached hydrogens (tertiary/aromatic N) is 4. The fourth-order valence-corrected chi connectivity index (χ4v) is 2.64. The molecule has 1 aromatic carbocycles. The summed E-state index contributed by atoms with van der Waals surface area (Å²) in [5.74, 6) is -0.316. The number of aryl methyl sites for hydroxylation is 1. The van der Waals surface area contributed by atoms with E-state index >= 15 is 0 Å². The van der Waals surface area contributed by atoms with E-state index in [1.807, 2.05) is 12.3 Å². The van der Waals surface area contributed by atoms with Gasteiger partial charge in [-0.1, -0.05) is 5.21 Å². The highest BCUT2D eigenvalue weighted by Crippen LogP contribution is 2.26. The van der Waals surface area contributed by atoms with Gasteiger partial charge in [-0.05, 0) is 31.2 Å². The van der Waals surface area contributed by atoms with Gasteiger partial charge in [0.25, 0.3) is 0 Å². The van der Waals surface area contributed by atoms with Gasteiger partial charge in [-0.2, -0.15) is 4.68 Å². The van der Waals surface area contributed by atoms with Crippen LogP contribution in [0.4, 0.5) is 4.39 Å². The van der Waals surface area contributed by atoms with Crippen molar-refractivity contribution in [3.63, 3.8) is 0 Å². The molecule has 0 radical (unpaired) electrons. The van der Waals surface area contributed by atoms with E-state index in [0.29, 0.717) is 16.5 Å². The average molecular weight is 290 g/mol. The zero-order valence-corrected chi connectivity index (χ0v) is 11.4. The third-order valence-corrected chi connectivity index (χ3v) is 3.73. The molecule has 0 saturated heterocycles. The predicted octanol–water partition coefficient (Wildman–Crippen LogP) is 2.33. The Morgan fingerprint density at radius 3 is 2.65 bits per heavy atom. The number of benzene rings is 1. The molecule has 2 heterocycles. The lowest BCUT2D eigenvalue weighted by molar-refractivity contribution is 0.277. The van der Waals surface area contributed by atoms with Crippen LogP contribution in [0.15, 0.2) is 29.6 Å². The zero-order chi connectivity index (χ0) is 14.1. The largest absolute Gasteiger partial charge is 0.390 e. The van der Waals surface area contributed by atoms with Crippen molar-refractivity contribution in [1.82, 2.24) is 20.0 Å². The fraction of sp³-hybridized carbons (Fsp3) is 0.154. The Kier molecular flexibility index (Phi) is 3.29. The predicted molar refractivity (Wildman–Crippen MR) is 73.1 cm³/mol. The molecule has 5 nitrogen and oxygen atoms in total. The van der Waals surface area contributed by atoms with Gasteiger partial charge in [0.1, 0.15) is 17.2 Å². The highest BCUT2D eigenvalue weighted by atomic mass is 32.1. The van der Waals surface area contributed by atoms with Crippen molar-refractivity contribution in [3.8, 4) is 16.4 Å². The lowest BCUT2D eigenvalue weighted by Gasteiger charge is -2.04. The average Bonchev–Trinajstić information content (AvgIpc) is 3.05. The second-order valence-electron chi connectivity index (χ2n) is 4.23. The minimum atomic E-state index is -0.316. The van der Waals surface area contributed by atoms with Gasteiger partial charge >= 0.3 is 0 Å². The van der Waals surface area contributed by atoms with E-state index in [9.17, 15) is 9.50 Å². The second-order valence-corrected chi connectivity index (χ2v) is 5.07. The second kappa shape index (κ2) is 5.10. The molecule has 102 valence electrons. The number of rotatable bonds is 3. The molecule has 0 aliphatic carbocycles. The van der Waals surface area contributed by atoms with Gasteiger partial charge in [-0.25, -0.2) is 9.37 Å². The molecule has 20 heavy (non-hydrogen) atoms. The van der Waals surface area contributed by atoms with E-state index in [0.717, 1.165) is 11.3 Å². The molecule has 3 rings (SSSR count). The molecule has 0 spiro atoms. The van der Waals surface area contributed by atoms with E-state index in [-0.39, 0.29) is 12.4 Å². The molecular weight excluding hydrogens is 279 g/mol. The fourth-order valence-electron chi connectivity index (χ4n) is 1.89. The highest BCUT2D eigenvalue weighted by molar-refractivity contribution is 7.12. The van der Waals surface area contributed by atoms with Crippen molar-refractivity contribution in [3.05, 3.63) is 46.9 Å². The van der Waals surface area contributed by atoms with Gasteiger partial charge in [0.05, 0.1) is 12.3 Å². The van der Waals surface area contributed by atoms with Crippen molar-refractivity contribution in [2.75, 3.05) is 0 Å². The van der Waals surface area contributed by atoms with Crippen LogP contribution in [0.1, 0.15) is 11.4 Å². The minimum absolute atomic E-state index is 0.239. The van der Waals surface area contributed by atoms with Gasteiger partial charge < -0.3 is 5.11 Å². The molecule has 7 heteroatoms. The third-order valence-electron chi connectivity index (χ3n) is 2.80. The summed E-state index contributed by atoms with van der Waals surface area (Å²) in [7, 11) is 0. The molecule has 2 aromatic heterocycles. The van der Waals surface area contributed by atoms with Gasteiger partial charge in [0.15, 0.2) is 0 Å². The summed E-state index contributed by atoms with van der Waals surface area (Å²) in [5, 5.41) is 19.9. The normalized spacial score (nSPS) is 10.9. The maximum Gasteiger partial charge on any atom is 0.212 e. The van der Waals surface area contributed by atoms with E-state index in [1.54, 1.807) is 16.8 Å². The molecule has 0 aliphatic heterocycles. The molecule has 1 N–H and O–H groups in total. The van der Waals surface area contributed by atoms with E-state index < -0.39 is 0 Å². The van der Waals surface area contributed by atoms with E-state index in [4.69, 9.17) is 0 Å². The van der Waals surface area contributed by atoms with Crippen LogP contribution in [0, 0.1) is 12.7 Å². The first-order valence-electron chi connectivity index (χ1n) is 5.93. The van der Waals surface area contributed by atoms with Crippen LogP contribution in [0.3, 0.4) is 0 Å². The van der Waals surface area contributed by atoms with Crippen LogP contribution in [0.2, 0.25) is 0 Å². The Bertz CT molecular complexity index is 735. The Morgan fingerprint density at radius 2 is 2.05 bits per heavy atom. The van der Waals surface area contributed by atoms with Gasteiger partial charge in [-0.15, -0.1) is 16.4 Å². The van der Waals surface area contributed by atoms with E-state index in [1.165, 1.54) is 23.5 Å². The molecule has 0 aliphatic rings. The van der Waals surface area contributed by atoms with Crippen molar-refractivity contribution in [2.24, 2.45) is 0 Å². The van der Waals surface area contributed by atoms with Crippen LogP contribution in [-0.2, 0) is 6.61 Å². The molecule has 0 fully saturated rings. The smallest absolute Gasteiger partial charge is 0.212 e. The molecule has 0 amide bonds. The first-order valence-corrected chi connectivity index (χ1v) is 6.81. The van der Waals surface area contributed by atoms with Crippen molar-refractivity contribution in [2.45, 2.75) is 13.5 Å². The van der Waals surface area contributed by atoms with E-state index in [2.05, 4.69) is 15.3 Å². The van der Waals surface area contributed by atoms with Crippen molar-refractivity contribution in [1.29, 1.82) is 0 Å². The summed E-state index contributed by atoms with van der Waals surface area (Å²) in [5.41, 5.74) is 2.68. The minimum Gasteiger partial charge on any atom is -0.390 e. The number of aliphatic hydroxyl groups is 1. The first kappa shape index (κ1) is 12.9. The summed E-state index contributed by atoms with van der Waals surface area (Å²) in [6.45, 7) is 1.65. The monoisotopic (exact) mass is 290 g/mol. The summed E-state index contributed by atoms with van der Waals surface area (Å²) in [6.07, 6.45) is 0. The Balaban J connectivity index is 2.17. The number of aliphatic hydroxyl groups excluding tert-OH is 1. The maximum absolute atomic E-state index is 13.0. The number of hydrogen-bond acceptors (Lipinski definition) is 5. The summed E-state index contributed by atoms with van der Waals surface area (Å²) in [6, 6.07) is 5.98. The summed E-state index contributed by atoms with van der Waals surface area (Å²) >= 11 is 1.43. The summed E-state index contributed by atoms with van der Waals surface area (Å²) < 4.78 is 14.6. The third kappa shape index (κ3) is 2.21. The first-order chi connectivity index (χ1) is 9.69. The number of thiazole rings is 1. The Hall–Kier alpha value is -2.12. The van der Waals surface area contributed by atoms with Crippen molar-refractivity contribution >= 4 is 11.3 Å².